The summed E-state index contributed by atoms with van der Waals surface area (Å²) in [5.41, 5.74) is 0.407. The lowest BCUT2D eigenvalue weighted by molar-refractivity contribution is -0.114. The van der Waals surface area contributed by atoms with Crippen LogP contribution in [0.2, 0.25) is 0 Å². The van der Waals surface area contributed by atoms with Crippen LogP contribution in [0.5, 0.6) is 0 Å². The number of nitrogens with one attached hydrogen (secondary N) is 1. The zero-order chi connectivity index (χ0) is 11.4. The number of hydrogen-bond acceptors (Lipinski definition) is 3. The summed E-state index contributed by atoms with van der Waals surface area (Å²) in [4.78, 5) is 10.7. The second kappa shape index (κ2) is 4.88. The molecule has 1 aromatic rings. The summed E-state index contributed by atoms with van der Waals surface area (Å²) in [7, 11) is -2.65. The Balaban J connectivity index is 2.92. The van der Waals surface area contributed by atoms with Gasteiger partial charge in [-0.25, -0.2) is 12.8 Å². The third kappa shape index (κ3) is 3.67. The summed E-state index contributed by atoms with van der Waals surface area (Å²) in [5, 5.41) is 2.40. The van der Waals surface area contributed by atoms with Crippen LogP contribution in [0, 0.1) is 5.82 Å². The van der Waals surface area contributed by atoms with E-state index in [1.807, 2.05) is 0 Å². The molecule has 15 heavy (non-hydrogen) atoms. The zero-order valence-corrected chi connectivity index (χ0v) is 8.88. The predicted octanol–water partition coefficient (Wildman–Crippen LogP) is 0.895. The molecule has 0 heterocycles. The Morgan fingerprint density at radius 1 is 1.47 bits per heavy atom. The zero-order valence-electron chi connectivity index (χ0n) is 7.99. The normalized spacial score (nSPS) is 10.3. The van der Waals surface area contributed by atoms with Crippen molar-refractivity contribution in [3.05, 3.63) is 29.6 Å². The minimum Gasteiger partial charge on any atom is -0.326 e. The SMILES string of the molecule is CC(=O)Nc1ccc(C[SH](=O)=O)c(F)c1. The summed E-state index contributed by atoms with van der Waals surface area (Å²) in [6, 6.07) is 3.89. The van der Waals surface area contributed by atoms with Crippen LogP contribution in [0.3, 0.4) is 0 Å². The van der Waals surface area contributed by atoms with Crippen molar-refractivity contribution in [3.63, 3.8) is 0 Å². The lowest BCUT2D eigenvalue weighted by Gasteiger charge is -2.04. The number of carbonyl (C=O) groups is 1. The lowest BCUT2D eigenvalue weighted by Crippen LogP contribution is -2.06. The first-order valence-corrected chi connectivity index (χ1v) is 5.53. The smallest absolute Gasteiger partial charge is 0.221 e. The highest BCUT2D eigenvalue weighted by molar-refractivity contribution is 7.71. The molecule has 0 aliphatic rings. The number of halogens is 1. The first kappa shape index (κ1) is 11.6. The van der Waals surface area contributed by atoms with E-state index >= 15 is 0 Å². The lowest BCUT2D eigenvalue weighted by atomic mass is 10.2. The molecular formula is C9H10FNO3S. The molecule has 0 saturated heterocycles. The summed E-state index contributed by atoms with van der Waals surface area (Å²) < 4.78 is 34.0. The summed E-state index contributed by atoms with van der Waals surface area (Å²) in [5.74, 6) is -1.28. The van der Waals surface area contributed by atoms with Crippen LogP contribution in [0.4, 0.5) is 10.1 Å². The summed E-state index contributed by atoms with van der Waals surface area (Å²) >= 11 is 0. The molecule has 0 aliphatic carbocycles. The van der Waals surface area contributed by atoms with Crippen molar-refractivity contribution < 1.29 is 17.6 Å². The van der Waals surface area contributed by atoms with Gasteiger partial charge in [-0.1, -0.05) is 6.07 Å². The molecule has 6 heteroatoms. The van der Waals surface area contributed by atoms with E-state index < -0.39 is 16.5 Å². The van der Waals surface area contributed by atoms with Crippen LogP contribution >= 0.6 is 0 Å². The molecule has 0 radical (unpaired) electrons. The van der Waals surface area contributed by atoms with E-state index in [4.69, 9.17) is 0 Å². The van der Waals surface area contributed by atoms with Gasteiger partial charge in [0.15, 0.2) is 0 Å². The fraction of sp³-hybridized carbons (Fsp3) is 0.222. The van der Waals surface area contributed by atoms with Crippen molar-refractivity contribution in [1.29, 1.82) is 0 Å². The van der Waals surface area contributed by atoms with E-state index in [1.165, 1.54) is 19.1 Å². The molecule has 1 rings (SSSR count). The van der Waals surface area contributed by atoms with Gasteiger partial charge >= 0.3 is 0 Å². The van der Waals surface area contributed by atoms with Gasteiger partial charge in [0, 0.05) is 18.2 Å². The Labute approximate surface area is 88.1 Å². The Morgan fingerprint density at radius 2 is 2.13 bits per heavy atom. The molecule has 1 N–H and O–H groups in total. The minimum atomic E-state index is -2.65. The molecule has 1 aromatic carbocycles. The van der Waals surface area contributed by atoms with Crippen LogP contribution in [-0.4, -0.2) is 14.3 Å². The van der Waals surface area contributed by atoms with E-state index in [0.717, 1.165) is 6.07 Å². The van der Waals surface area contributed by atoms with Crippen LogP contribution in [-0.2, 0) is 21.3 Å². The van der Waals surface area contributed by atoms with Crippen LogP contribution in [0.25, 0.3) is 0 Å². The summed E-state index contributed by atoms with van der Waals surface area (Å²) in [6.07, 6.45) is 0. The Hall–Kier alpha value is -1.43. The van der Waals surface area contributed by atoms with Gasteiger partial charge in [-0.15, -0.1) is 0 Å². The number of benzene rings is 1. The van der Waals surface area contributed by atoms with Gasteiger partial charge in [-0.3, -0.25) is 4.79 Å². The number of thiol groups is 1. The van der Waals surface area contributed by atoms with E-state index in [9.17, 15) is 17.6 Å². The van der Waals surface area contributed by atoms with Crippen molar-refractivity contribution in [2.24, 2.45) is 0 Å². The molecule has 1 amide bonds. The number of hydrogen-bond donors (Lipinski definition) is 2. The number of rotatable bonds is 3. The van der Waals surface area contributed by atoms with Crippen LogP contribution < -0.4 is 5.32 Å². The molecule has 0 fully saturated rings. The second-order valence-corrected chi connectivity index (χ2v) is 3.96. The van der Waals surface area contributed by atoms with Crippen molar-refractivity contribution >= 4 is 22.3 Å². The molecule has 0 spiro atoms. The third-order valence-electron chi connectivity index (χ3n) is 1.67. The standard InChI is InChI=1S/C9H10FNO3S/c1-6(12)11-8-3-2-7(5-15(13)14)9(10)4-8/h2-4,15H,5H2,1H3,(H,11,12). The Morgan fingerprint density at radius 3 is 2.60 bits per heavy atom. The van der Waals surface area contributed by atoms with Crippen molar-refractivity contribution in [1.82, 2.24) is 0 Å². The molecule has 4 nitrogen and oxygen atoms in total. The van der Waals surface area contributed by atoms with E-state index in [0.29, 0.717) is 5.69 Å². The van der Waals surface area contributed by atoms with E-state index in [2.05, 4.69) is 5.32 Å². The Bertz CT molecular complexity index is 449. The van der Waals surface area contributed by atoms with Gasteiger partial charge in [-0.05, 0) is 12.1 Å². The quantitative estimate of drug-likeness (QED) is 0.759. The highest BCUT2D eigenvalue weighted by atomic mass is 32.2. The highest BCUT2D eigenvalue weighted by Crippen LogP contribution is 2.15. The van der Waals surface area contributed by atoms with Gasteiger partial charge in [-0.2, -0.15) is 0 Å². The van der Waals surface area contributed by atoms with Crippen LogP contribution in [0.15, 0.2) is 18.2 Å². The monoisotopic (exact) mass is 231 g/mol. The molecule has 0 aromatic heterocycles. The molecule has 0 bridgehead atoms. The van der Waals surface area contributed by atoms with E-state index in [-0.39, 0.29) is 17.2 Å². The Kier molecular flexibility index (Phi) is 3.79. The maximum atomic E-state index is 13.2. The predicted molar refractivity (Wildman–Crippen MR) is 54.7 cm³/mol. The fourth-order valence-corrected chi connectivity index (χ4v) is 1.63. The number of anilines is 1. The van der Waals surface area contributed by atoms with Crippen molar-refractivity contribution in [3.8, 4) is 0 Å². The summed E-state index contributed by atoms with van der Waals surface area (Å²) in [6.45, 7) is 1.31. The average molecular weight is 231 g/mol. The highest BCUT2D eigenvalue weighted by Gasteiger charge is 2.05. The van der Waals surface area contributed by atoms with Crippen LogP contribution in [0.1, 0.15) is 12.5 Å². The van der Waals surface area contributed by atoms with E-state index in [1.54, 1.807) is 0 Å². The van der Waals surface area contributed by atoms with Crippen molar-refractivity contribution in [2.45, 2.75) is 12.7 Å². The van der Waals surface area contributed by atoms with Gasteiger partial charge in [0.25, 0.3) is 0 Å². The van der Waals surface area contributed by atoms with Crippen molar-refractivity contribution in [2.75, 3.05) is 5.32 Å². The molecular weight excluding hydrogens is 221 g/mol. The first-order chi connectivity index (χ1) is 6.99. The fourth-order valence-electron chi connectivity index (χ4n) is 1.10. The molecule has 0 unspecified atom stereocenters. The minimum absolute atomic E-state index is 0.0974. The second-order valence-electron chi connectivity index (χ2n) is 2.98. The molecule has 0 saturated carbocycles. The maximum Gasteiger partial charge on any atom is 0.221 e. The van der Waals surface area contributed by atoms with Gasteiger partial charge in [0.2, 0.25) is 5.91 Å². The van der Waals surface area contributed by atoms with Gasteiger partial charge < -0.3 is 5.32 Å². The topological polar surface area (TPSA) is 63.2 Å². The molecule has 82 valence electrons. The molecule has 0 atom stereocenters. The average Bonchev–Trinajstić information content (AvgIpc) is 2.08. The first-order valence-electron chi connectivity index (χ1n) is 4.17. The van der Waals surface area contributed by atoms with Gasteiger partial charge in [0.05, 0.1) is 5.75 Å². The molecule has 0 aliphatic heterocycles. The largest absolute Gasteiger partial charge is 0.326 e. The third-order valence-corrected chi connectivity index (χ3v) is 2.27. The maximum absolute atomic E-state index is 13.2. The van der Waals surface area contributed by atoms with Gasteiger partial charge in [0.1, 0.15) is 16.5 Å². The number of carbonyl (C=O) groups excluding carboxylic acids is 1. The number of amides is 1.